The lowest BCUT2D eigenvalue weighted by Crippen LogP contribution is -2.18. The Morgan fingerprint density at radius 1 is 1.18 bits per heavy atom. The predicted molar refractivity (Wildman–Crippen MR) is 69.7 cm³/mol. The van der Waals surface area contributed by atoms with E-state index in [1.54, 1.807) is 4.57 Å². The van der Waals surface area contributed by atoms with Gasteiger partial charge in [-0.3, -0.25) is 4.79 Å². The van der Waals surface area contributed by atoms with E-state index in [2.05, 4.69) is 6.92 Å². The van der Waals surface area contributed by atoms with Crippen molar-refractivity contribution in [3.8, 4) is 5.75 Å². The fourth-order valence-electron chi connectivity index (χ4n) is 1.88. The van der Waals surface area contributed by atoms with Crippen molar-refractivity contribution in [2.45, 2.75) is 26.8 Å². The smallest absolute Gasteiger partial charge is 0.258 e. The summed E-state index contributed by atoms with van der Waals surface area (Å²) in [6.07, 6.45) is 2.78. The van der Waals surface area contributed by atoms with Crippen molar-refractivity contribution < 1.29 is 4.74 Å². The first kappa shape index (κ1) is 11.7. The molecule has 0 saturated heterocycles. The molecule has 2 aromatic rings. The third-order valence-electron chi connectivity index (χ3n) is 2.78. The summed E-state index contributed by atoms with van der Waals surface area (Å²) in [7, 11) is 0. The maximum atomic E-state index is 12.1. The predicted octanol–water partition coefficient (Wildman–Crippen LogP) is 2.81. The number of benzene rings is 1. The molecular formula is C14H17NO2. The van der Waals surface area contributed by atoms with Gasteiger partial charge in [0.25, 0.3) is 5.56 Å². The van der Waals surface area contributed by atoms with Crippen LogP contribution in [0.5, 0.6) is 5.75 Å². The Hall–Kier alpha value is -1.77. The van der Waals surface area contributed by atoms with Crippen LogP contribution >= 0.6 is 0 Å². The highest BCUT2D eigenvalue weighted by Gasteiger charge is 2.06. The standard InChI is InChI=1S/C14H17NO2/c1-3-10-17-13-7-5-6-12-11(13)8-9-15(4-2)14(12)16/h5-9H,3-4,10H2,1-2H3. The van der Waals surface area contributed by atoms with E-state index in [1.165, 1.54) is 0 Å². The van der Waals surface area contributed by atoms with E-state index < -0.39 is 0 Å². The summed E-state index contributed by atoms with van der Waals surface area (Å²) < 4.78 is 7.35. The number of rotatable bonds is 4. The minimum absolute atomic E-state index is 0.0481. The van der Waals surface area contributed by atoms with E-state index in [0.29, 0.717) is 13.2 Å². The summed E-state index contributed by atoms with van der Waals surface area (Å²) >= 11 is 0. The van der Waals surface area contributed by atoms with Crippen LogP contribution in [0.3, 0.4) is 0 Å². The Bertz CT molecular complexity index is 572. The quantitative estimate of drug-likeness (QED) is 0.810. The molecule has 1 heterocycles. The SMILES string of the molecule is CCCOc1cccc2c(=O)n(CC)ccc12. The van der Waals surface area contributed by atoms with E-state index in [1.807, 2.05) is 37.4 Å². The molecule has 1 aromatic carbocycles. The number of hydrogen-bond donors (Lipinski definition) is 0. The van der Waals surface area contributed by atoms with Crippen LogP contribution < -0.4 is 10.3 Å². The lowest BCUT2D eigenvalue weighted by molar-refractivity contribution is 0.321. The fourth-order valence-corrected chi connectivity index (χ4v) is 1.88. The van der Waals surface area contributed by atoms with Gasteiger partial charge in [0.15, 0.2) is 0 Å². The number of fused-ring (bicyclic) bond motifs is 1. The van der Waals surface area contributed by atoms with Crippen LogP contribution in [-0.2, 0) is 6.54 Å². The van der Waals surface area contributed by atoms with E-state index in [4.69, 9.17) is 4.74 Å². The van der Waals surface area contributed by atoms with Crippen molar-refractivity contribution in [3.63, 3.8) is 0 Å². The van der Waals surface area contributed by atoms with Crippen LogP contribution in [-0.4, -0.2) is 11.2 Å². The summed E-state index contributed by atoms with van der Waals surface area (Å²) in [5.41, 5.74) is 0.0481. The van der Waals surface area contributed by atoms with Crippen LogP contribution in [0.1, 0.15) is 20.3 Å². The molecule has 0 unspecified atom stereocenters. The molecule has 0 spiro atoms. The number of hydrogen-bond acceptors (Lipinski definition) is 2. The third-order valence-corrected chi connectivity index (χ3v) is 2.78. The highest BCUT2D eigenvalue weighted by molar-refractivity contribution is 5.87. The van der Waals surface area contributed by atoms with E-state index in [9.17, 15) is 4.79 Å². The molecule has 0 aliphatic rings. The van der Waals surface area contributed by atoms with Gasteiger partial charge in [-0.15, -0.1) is 0 Å². The Balaban J connectivity index is 2.58. The van der Waals surface area contributed by atoms with Gasteiger partial charge < -0.3 is 9.30 Å². The lowest BCUT2D eigenvalue weighted by atomic mass is 10.1. The zero-order chi connectivity index (χ0) is 12.3. The van der Waals surface area contributed by atoms with Gasteiger partial charge in [0.1, 0.15) is 5.75 Å². The van der Waals surface area contributed by atoms with Crippen LogP contribution in [0, 0.1) is 0 Å². The van der Waals surface area contributed by atoms with Crippen molar-refractivity contribution in [2.24, 2.45) is 0 Å². The second kappa shape index (κ2) is 5.04. The van der Waals surface area contributed by atoms with Crippen molar-refractivity contribution in [1.29, 1.82) is 0 Å². The molecule has 0 fully saturated rings. The molecule has 90 valence electrons. The van der Waals surface area contributed by atoms with Gasteiger partial charge in [0.05, 0.1) is 12.0 Å². The topological polar surface area (TPSA) is 31.2 Å². The van der Waals surface area contributed by atoms with Crippen LogP contribution in [0.15, 0.2) is 35.3 Å². The number of pyridine rings is 1. The summed E-state index contributed by atoms with van der Waals surface area (Å²) in [6, 6.07) is 7.58. The first-order valence-electron chi connectivity index (χ1n) is 6.03. The average Bonchev–Trinajstić information content (AvgIpc) is 2.37. The Kier molecular flexibility index (Phi) is 3.47. The van der Waals surface area contributed by atoms with Gasteiger partial charge >= 0.3 is 0 Å². The summed E-state index contributed by atoms with van der Waals surface area (Å²) in [5.74, 6) is 0.796. The molecule has 0 aliphatic heterocycles. The minimum Gasteiger partial charge on any atom is -0.493 e. The molecule has 0 saturated carbocycles. The summed E-state index contributed by atoms with van der Waals surface area (Å²) in [6.45, 7) is 5.39. The average molecular weight is 231 g/mol. The van der Waals surface area contributed by atoms with Crippen molar-refractivity contribution in [2.75, 3.05) is 6.61 Å². The molecule has 17 heavy (non-hydrogen) atoms. The molecule has 0 atom stereocenters. The minimum atomic E-state index is 0.0481. The highest BCUT2D eigenvalue weighted by atomic mass is 16.5. The zero-order valence-corrected chi connectivity index (χ0v) is 10.3. The summed E-state index contributed by atoms with van der Waals surface area (Å²) in [5, 5.41) is 1.62. The third kappa shape index (κ3) is 2.18. The number of aryl methyl sites for hydroxylation is 1. The van der Waals surface area contributed by atoms with E-state index in [-0.39, 0.29) is 5.56 Å². The van der Waals surface area contributed by atoms with Gasteiger partial charge in [-0.25, -0.2) is 0 Å². The molecular weight excluding hydrogens is 214 g/mol. The first-order chi connectivity index (χ1) is 8.27. The molecule has 3 heteroatoms. The summed E-state index contributed by atoms with van der Waals surface area (Å²) in [4.78, 5) is 12.1. The fraction of sp³-hybridized carbons (Fsp3) is 0.357. The molecule has 0 radical (unpaired) electrons. The molecule has 1 aromatic heterocycles. The van der Waals surface area contributed by atoms with Crippen LogP contribution in [0.25, 0.3) is 10.8 Å². The van der Waals surface area contributed by atoms with Gasteiger partial charge in [-0.1, -0.05) is 13.0 Å². The Labute approximate surface area is 101 Å². The first-order valence-corrected chi connectivity index (χ1v) is 6.03. The highest BCUT2D eigenvalue weighted by Crippen LogP contribution is 2.23. The van der Waals surface area contributed by atoms with Crippen molar-refractivity contribution in [1.82, 2.24) is 4.57 Å². The van der Waals surface area contributed by atoms with Crippen LogP contribution in [0.2, 0.25) is 0 Å². The largest absolute Gasteiger partial charge is 0.493 e. The number of nitrogens with zero attached hydrogens (tertiary/aromatic N) is 1. The van der Waals surface area contributed by atoms with Gasteiger partial charge in [0.2, 0.25) is 0 Å². The van der Waals surface area contributed by atoms with Gasteiger partial charge in [-0.2, -0.15) is 0 Å². The van der Waals surface area contributed by atoms with E-state index in [0.717, 1.165) is 22.9 Å². The number of aromatic nitrogens is 1. The second-order valence-corrected chi connectivity index (χ2v) is 3.97. The molecule has 0 N–H and O–H groups in total. The van der Waals surface area contributed by atoms with Gasteiger partial charge in [0, 0.05) is 18.1 Å². The van der Waals surface area contributed by atoms with E-state index >= 15 is 0 Å². The Morgan fingerprint density at radius 2 is 2.00 bits per heavy atom. The zero-order valence-electron chi connectivity index (χ0n) is 10.3. The lowest BCUT2D eigenvalue weighted by Gasteiger charge is -2.09. The maximum absolute atomic E-state index is 12.1. The molecule has 0 aliphatic carbocycles. The molecule has 0 bridgehead atoms. The second-order valence-electron chi connectivity index (χ2n) is 3.97. The molecule has 3 nitrogen and oxygen atoms in total. The molecule has 0 amide bonds. The van der Waals surface area contributed by atoms with Crippen LogP contribution in [0.4, 0.5) is 0 Å². The monoisotopic (exact) mass is 231 g/mol. The molecule has 2 rings (SSSR count). The van der Waals surface area contributed by atoms with Crippen molar-refractivity contribution in [3.05, 3.63) is 40.8 Å². The normalized spacial score (nSPS) is 10.7. The van der Waals surface area contributed by atoms with Crippen molar-refractivity contribution >= 4 is 10.8 Å². The number of ether oxygens (including phenoxy) is 1. The van der Waals surface area contributed by atoms with Gasteiger partial charge in [-0.05, 0) is 31.5 Å². The Morgan fingerprint density at radius 3 is 2.71 bits per heavy atom. The maximum Gasteiger partial charge on any atom is 0.258 e.